The Kier molecular flexibility index (Phi) is 7.87. The average molecular weight is 504 g/mol. The minimum absolute atomic E-state index is 0.0674. The number of nitrogens with zero attached hydrogens (tertiary/aromatic N) is 1. The van der Waals surface area contributed by atoms with Crippen LogP contribution in [0.1, 0.15) is 65.7 Å². The third-order valence-corrected chi connectivity index (χ3v) is 6.39. The summed E-state index contributed by atoms with van der Waals surface area (Å²) >= 11 is 1.33. The standard InChI is InChI=1S/C27H28F3NO3S/c1-16(2)24-23(35-25(31-24)18-6-9-20(10-7-18)27(28,29)30)13-11-21(33)19-8-12-22(17(3)14-19)34-26(4,5)15-32/h6-14,16,32H,15H2,1-5H3. The second-order valence-corrected chi connectivity index (χ2v) is 10.2. The van der Waals surface area contributed by atoms with E-state index in [2.05, 4.69) is 4.98 Å². The Bertz CT molecular complexity index is 1230. The van der Waals surface area contributed by atoms with Crippen LogP contribution in [0.3, 0.4) is 0 Å². The molecule has 0 bridgehead atoms. The number of ketones is 1. The maximum absolute atomic E-state index is 12.9. The van der Waals surface area contributed by atoms with E-state index in [1.807, 2.05) is 20.8 Å². The number of benzene rings is 2. The number of alkyl halides is 3. The van der Waals surface area contributed by atoms with Gasteiger partial charge in [-0.05, 0) is 74.7 Å². The van der Waals surface area contributed by atoms with Crippen LogP contribution >= 0.6 is 11.3 Å². The van der Waals surface area contributed by atoms with Crippen LogP contribution in [0.2, 0.25) is 0 Å². The Labute approximate surface area is 207 Å². The third kappa shape index (κ3) is 6.58. The largest absolute Gasteiger partial charge is 0.485 e. The van der Waals surface area contributed by atoms with Crippen molar-refractivity contribution in [3.63, 3.8) is 0 Å². The molecule has 0 aliphatic heterocycles. The van der Waals surface area contributed by atoms with Gasteiger partial charge in [0, 0.05) is 11.1 Å². The van der Waals surface area contributed by atoms with E-state index in [1.54, 1.807) is 38.1 Å². The van der Waals surface area contributed by atoms with Gasteiger partial charge in [-0.15, -0.1) is 11.3 Å². The number of hydrogen-bond donors (Lipinski definition) is 1. The number of rotatable bonds is 8. The molecule has 0 atom stereocenters. The van der Waals surface area contributed by atoms with Gasteiger partial charge in [-0.25, -0.2) is 4.98 Å². The van der Waals surface area contributed by atoms with Crippen LogP contribution in [-0.2, 0) is 6.18 Å². The van der Waals surface area contributed by atoms with Crippen LogP contribution < -0.4 is 4.74 Å². The Morgan fingerprint density at radius 1 is 1.14 bits per heavy atom. The van der Waals surface area contributed by atoms with Crippen molar-refractivity contribution < 1.29 is 27.8 Å². The summed E-state index contributed by atoms with van der Waals surface area (Å²) in [6.45, 7) is 9.18. The predicted molar refractivity (Wildman–Crippen MR) is 133 cm³/mol. The molecule has 1 heterocycles. The zero-order valence-electron chi connectivity index (χ0n) is 20.2. The summed E-state index contributed by atoms with van der Waals surface area (Å²) in [6, 6.07) is 10.0. The Balaban J connectivity index is 1.83. The molecule has 0 aliphatic rings. The maximum Gasteiger partial charge on any atom is 0.416 e. The van der Waals surface area contributed by atoms with Gasteiger partial charge in [0.15, 0.2) is 5.78 Å². The number of thiazole rings is 1. The van der Waals surface area contributed by atoms with Crippen molar-refractivity contribution >= 4 is 23.2 Å². The van der Waals surface area contributed by atoms with E-state index >= 15 is 0 Å². The number of aromatic nitrogens is 1. The number of aryl methyl sites for hydroxylation is 1. The van der Waals surface area contributed by atoms with E-state index in [9.17, 15) is 23.1 Å². The number of carbonyl (C=O) groups is 1. The lowest BCUT2D eigenvalue weighted by atomic mass is 10.0. The van der Waals surface area contributed by atoms with Crippen molar-refractivity contribution in [3.8, 4) is 16.3 Å². The van der Waals surface area contributed by atoms with Gasteiger partial charge in [0.05, 0.1) is 22.7 Å². The monoisotopic (exact) mass is 503 g/mol. The summed E-state index contributed by atoms with van der Waals surface area (Å²) in [5.41, 5.74) is 1.19. The minimum Gasteiger partial charge on any atom is -0.485 e. The van der Waals surface area contributed by atoms with Crippen molar-refractivity contribution in [2.24, 2.45) is 0 Å². The van der Waals surface area contributed by atoms with Crippen molar-refractivity contribution in [1.29, 1.82) is 0 Å². The van der Waals surface area contributed by atoms with E-state index in [0.717, 1.165) is 28.3 Å². The summed E-state index contributed by atoms with van der Waals surface area (Å²) in [5.74, 6) is 0.466. The van der Waals surface area contributed by atoms with Crippen molar-refractivity contribution in [2.45, 2.75) is 52.3 Å². The smallest absolute Gasteiger partial charge is 0.416 e. The fourth-order valence-electron chi connectivity index (χ4n) is 3.30. The fourth-order valence-corrected chi connectivity index (χ4v) is 4.42. The normalized spacial score (nSPS) is 12.5. The molecule has 2 aromatic carbocycles. The predicted octanol–water partition coefficient (Wildman–Crippen LogP) is 7.31. The van der Waals surface area contributed by atoms with Crippen LogP contribution in [0.25, 0.3) is 16.6 Å². The van der Waals surface area contributed by atoms with Crippen LogP contribution in [0.5, 0.6) is 5.75 Å². The van der Waals surface area contributed by atoms with Crippen molar-refractivity contribution in [2.75, 3.05) is 6.61 Å². The van der Waals surface area contributed by atoms with Gasteiger partial charge in [-0.2, -0.15) is 13.2 Å². The zero-order chi connectivity index (χ0) is 26.0. The lowest BCUT2D eigenvalue weighted by Crippen LogP contribution is -2.32. The Morgan fingerprint density at radius 3 is 2.34 bits per heavy atom. The molecule has 0 saturated carbocycles. The third-order valence-electron chi connectivity index (χ3n) is 5.30. The minimum atomic E-state index is -4.39. The summed E-state index contributed by atoms with van der Waals surface area (Å²) in [6.07, 6.45) is -1.21. The van der Waals surface area contributed by atoms with Crippen LogP contribution in [0.4, 0.5) is 13.2 Å². The molecular formula is C27H28F3NO3S. The summed E-state index contributed by atoms with van der Waals surface area (Å²) in [7, 11) is 0. The number of aliphatic hydroxyl groups is 1. The molecular weight excluding hydrogens is 475 g/mol. The van der Waals surface area contributed by atoms with Gasteiger partial charge < -0.3 is 9.84 Å². The second kappa shape index (κ2) is 10.3. The van der Waals surface area contributed by atoms with E-state index in [1.165, 1.54) is 29.5 Å². The molecule has 0 aliphatic carbocycles. The molecule has 0 saturated heterocycles. The molecule has 35 heavy (non-hydrogen) atoms. The molecule has 1 N–H and O–H groups in total. The van der Waals surface area contributed by atoms with E-state index in [-0.39, 0.29) is 18.3 Å². The summed E-state index contributed by atoms with van der Waals surface area (Å²) in [4.78, 5) is 18.2. The van der Waals surface area contributed by atoms with E-state index < -0.39 is 17.3 Å². The van der Waals surface area contributed by atoms with E-state index in [0.29, 0.717) is 21.9 Å². The summed E-state index contributed by atoms with van der Waals surface area (Å²) < 4.78 is 44.4. The molecule has 4 nitrogen and oxygen atoms in total. The van der Waals surface area contributed by atoms with Crippen LogP contribution in [0.15, 0.2) is 48.5 Å². The SMILES string of the molecule is Cc1cc(C(=O)C=Cc2sc(-c3ccc(C(F)(F)F)cc3)nc2C(C)C)ccc1OC(C)(C)CO. The van der Waals surface area contributed by atoms with Gasteiger partial charge in [-0.1, -0.05) is 26.0 Å². The lowest BCUT2D eigenvalue weighted by Gasteiger charge is -2.25. The highest BCUT2D eigenvalue weighted by molar-refractivity contribution is 7.16. The first-order valence-electron chi connectivity index (χ1n) is 11.1. The summed E-state index contributed by atoms with van der Waals surface area (Å²) in [5, 5.41) is 10.0. The highest BCUT2D eigenvalue weighted by atomic mass is 32.1. The quantitative estimate of drug-likeness (QED) is 0.259. The first-order valence-corrected chi connectivity index (χ1v) is 11.9. The van der Waals surface area contributed by atoms with Gasteiger partial charge in [0.25, 0.3) is 0 Å². The molecule has 3 rings (SSSR count). The van der Waals surface area contributed by atoms with Gasteiger partial charge in [0.1, 0.15) is 16.4 Å². The number of aliphatic hydroxyl groups excluding tert-OH is 1. The Morgan fingerprint density at radius 2 is 1.80 bits per heavy atom. The molecule has 0 amide bonds. The molecule has 8 heteroatoms. The fraction of sp³-hybridized carbons (Fsp3) is 0.333. The van der Waals surface area contributed by atoms with Crippen molar-refractivity contribution in [3.05, 3.63) is 75.8 Å². The molecule has 0 spiro atoms. The highest BCUT2D eigenvalue weighted by Crippen LogP contribution is 2.35. The van der Waals surface area contributed by atoms with Gasteiger partial charge >= 0.3 is 6.18 Å². The van der Waals surface area contributed by atoms with Crippen molar-refractivity contribution in [1.82, 2.24) is 4.98 Å². The molecule has 0 fully saturated rings. The van der Waals surface area contributed by atoms with Gasteiger partial charge in [0.2, 0.25) is 0 Å². The average Bonchev–Trinajstić information content (AvgIpc) is 3.23. The number of allylic oxidation sites excluding steroid dienone is 1. The molecule has 1 aromatic heterocycles. The van der Waals surface area contributed by atoms with Crippen LogP contribution in [-0.4, -0.2) is 28.1 Å². The topological polar surface area (TPSA) is 59.4 Å². The zero-order valence-corrected chi connectivity index (χ0v) is 21.1. The Hall–Kier alpha value is -2.97. The molecule has 0 unspecified atom stereocenters. The number of halogens is 3. The molecule has 186 valence electrons. The molecule has 3 aromatic rings. The first-order chi connectivity index (χ1) is 16.3. The lowest BCUT2D eigenvalue weighted by molar-refractivity contribution is -0.137. The highest BCUT2D eigenvalue weighted by Gasteiger charge is 2.30. The molecule has 0 radical (unpaired) electrons. The second-order valence-electron chi connectivity index (χ2n) is 9.20. The van der Waals surface area contributed by atoms with E-state index in [4.69, 9.17) is 4.74 Å². The van der Waals surface area contributed by atoms with Gasteiger partial charge in [-0.3, -0.25) is 4.79 Å². The maximum atomic E-state index is 12.9. The number of hydrogen-bond acceptors (Lipinski definition) is 5. The van der Waals surface area contributed by atoms with Crippen LogP contribution in [0, 0.1) is 6.92 Å². The number of ether oxygens (including phenoxy) is 1. The number of carbonyl (C=O) groups excluding carboxylic acids is 1. The first kappa shape index (κ1) is 26.6.